The van der Waals surface area contributed by atoms with E-state index in [9.17, 15) is 4.79 Å². The van der Waals surface area contributed by atoms with E-state index in [1.165, 1.54) is 0 Å². The van der Waals surface area contributed by atoms with E-state index in [4.69, 9.17) is 9.47 Å². The van der Waals surface area contributed by atoms with Crippen LogP contribution in [0.4, 0.5) is 0 Å². The Labute approximate surface area is 164 Å². The smallest absolute Gasteiger partial charge is 0.264 e. The number of hydrogen-bond acceptors (Lipinski definition) is 4. The summed E-state index contributed by atoms with van der Waals surface area (Å²) in [5.74, 6) is 1.47. The van der Waals surface area contributed by atoms with Gasteiger partial charge in [-0.15, -0.1) is 0 Å². The van der Waals surface area contributed by atoms with Crippen LogP contribution in [0, 0.1) is 0 Å². The van der Waals surface area contributed by atoms with Gasteiger partial charge in [0.15, 0.2) is 6.61 Å². The molecule has 1 aromatic carbocycles. The van der Waals surface area contributed by atoms with Crippen molar-refractivity contribution in [1.82, 2.24) is 9.88 Å². The molecule has 1 aromatic heterocycles. The van der Waals surface area contributed by atoms with Gasteiger partial charge in [-0.3, -0.25) is 9.78 Å². The number of fused-ring (bicyclic) bond motifs is 2. The third-order valence-electron chi connectivity index (χ3n) is 4.65. The number of aryl methyl sites for hydroxylation is 1. The van der Waals surface area contributed by atoms with Crippen molar-refractivity contribution >= 4 is 12.0 Å². The Morgan fingerprint density at radius 1 is 1.04 bits per heavy atom. The van der Waals surface area contributed by atoms with E-state index < -0.39 is 0 Å². The van der Waals surface area contributed by atoms with Crippen LogP contribution < -0.4 is 9.47 Å². The highest BCUT2D eigenvalue weighted by atomic mass is 16.5. The predicted molar refractivity (Wildman–Crippen MR) is 108 cm³/mol. The highest BCUT2D eigenvalue weighted by Gasteiger charge is 2.17. The second kappa shape index (κ2) is 8.57. The Morgan fingerprint density at radius 2 is 1.96 bits per heavy atom. The van der Waals surface area contributed by atoms with Gasteiger partial charge in [0.1, 0.15) is 11.5 Å². The number of aromatic nitrogens is 1. The number of amides is 1. The summed E-state index contributed by atoms with van der Waals surface area (Å²) in [5, 5.41) is 0. The molecule has 1 amide bonds. The molecule has 2 aliphatic rings. The number of carbonyl (C=O) groups is 1. The summed E-state index contributed by atoms with van der Waals surface area (Å²) < 4.78 is 11.7. The average Bonchev–Trinajstić information content (AvgIpc) is 2.73. The molecule has 0 aliphatic carbocycles. The summed E-state index contributed by atoms with van der Waals surface area (Å²) in [6.45, 7) is 1.09. The van der Waals surface area contributed by atoms with E-state index in [0.717, 1.165) is 42.0 Å². The third-order valence-corrected chi connectivity index (χ3v) is 4.65. The molecule has 0 bridgehead atoms. The Hall–Kier alpha value is -3.34. The molecule has 5 heteroatoms. The summed E-state index contributed by atoms with van der Waals surface area (Å²) in [6.07, 6.45) is 15.0. The van der Waals surface area contributed by atoms with Gasteiger partial charge in [-0.1, -0.05) is 30.4 Å². The molecule has 3 heterocycles. The van der Waals surface area contributed by atoms with Crippen molar-refractivity contribution in [2.75, 3.05) is 13.2 Å². The first-order valence-corrected chi connectivity index (χ1v) is 9.43. The van der Waals surface area contributed by atoms with Crippen LogP contribution in [0.1, 0.15) is 23.2 Å². The molecule has 2 aromatic rings. The molecule has 5 nitrogen and oxygen atoms in total. The minimum absolute atomic E-state index is 0.0403. The number of allylic oxidation sites excluding steroid dienone is 4. The van der Waals surface area contributed by atoms with Crippen LogP contribution in [0.3, 0.4) is 0 Å². The standard InChI is InChI=1S/C23H22N2O3/c26-23-17-28-22-15-19-9-7-13-27-21(19)14-18(22)8-3-1-2-6-12-25(23)16-20-10-4-5-11-24-20/h1-6,8,10-12,14-15H,7,9,13,16-17H2. The Balaban J connectivity index is 1.60. The van der Waals surface area contributed by atoms with Gasteiger partial charge in [0, 0.05) is 18.0 Å². The summed E-state index contributed by atoms with van der Waals surface area (Å²) in [5.41, 5.74) is 2.85. The highest BCUT2D eigenvalue weighted by Crippen LogP contribution is 2.33. The number of carbonyl (C=O) groups excluding carboxylic acids is 1. The van der Waals surface area contributed by atoms with Crippen molar-refractivity contribution in [3.05, 3.63) is 83.9 Å². The molecule has 2 aliphatic heterocycles. The largest absolute Gasteiger partial charge is 0.493 e. The van der Waals surface area contributed by atoms with Gasteiger partial charge >= 0.3 is 0 Å². The molecule has 0 saturated heterocycles. The fourth-order valence-corrected chi connectivity index (χ4v) is 3.20. The van der Waals surface area contributed by atoms with Crippen LogP contribution in [0.2, 0.25) is 0 Å². The molecular formula is C23H22N2O3. The number of nitrogens with zero attached hydrogens (tertiary/aromatic N) is 2. The molecule has 4 rings (SSSR count). The van der Waals surface area contributed by atoms with Gasteiger partial charge in [0.25, 0.3) is 5.91 Å². The first-order valence-electron chi connectivity index (χ1n) is 9.43. The number of ether oxygens (including phenoxy) is 2. The lowest BCUT2D eigenvalue weighted by Crippen LogP contribution is -2.30. The van der Waals surface area contributed by atoms with Gasteiger partial charge in [0.2, 0.25) is 0 Å². The van der Waals surface area contributed by atoms with Gasteiger partial charge in [0.05, 0.1) is 18.8 Å². The minimum atomic E-state index is -0.125. The van der Waals surface area contributed by atoms with Crippen LogP contribution in [-0.2, 0) is 17.8 Å². The molecule has 142 valence electrons. The van der Waals surface area contributed by atoms with Crippen LogP contribution >= 0.6 is 0 Å². The Morgan fingerprint density at radius 3 is 2.86 bits per heavy atom. The first kappa shape index (κ1) is 18.0. The Bertz CT molecular complexity index is 932. The van der Waals surface area contributed by atoms with E-state index in [1.807, 2.05) is 60.7 Å². The summed E-state index contributed by atoms with van der Waals surface area (Å²) in [6, 6.07) is 9.66. The lowest BCUT2D eigenvalue weighted by Gasteiger charge is -2.21. The van der Waals surface area contributed by atoms with Crippen LogP contribution in [0.25, 0.3) is 6.08 Å². The number of benzene rings is 1. The molecule has 0 unspecified atom stereocenters. The molecule has 28 heavy (non-hydrogen) atoms. The van der Waals surface area contributed by atoms with Crippen molar-refractivity contribution in [1.29, 1.82) is 0 Å². The summed E-state index contributed by atoms with van der Waals surface area (Å²) >= 11 is 0. The zero-order valence-corrected chi connectivity index (χ0v) is 15.6. The van der Waals surface area contributed by atoms with Gasteiger partial charge < -0.3 is 14.4 Å². The molecule has 0 radical (unpaired) electrons. The summed E-state index contributed by atoms with van der Waals surface area (Å²) in [7, 11) is 0. The van der Waals surface area contributed by atoms with Crippen LogP contribution in [0.15, 0.2) is 67.0 Å². The minimum Gasteiger partial charge on any atom is -0.493 e. The van der Waals surface area contributed by atoms with Gasteiger partial charge in [-0.2, -0.15) is 0 Å². The monoisotopic (exact) mass is 374 g/mol. The predicted octanol–water partition coefficient (Wildman–Crippen LogP) is 3.91. The average molecular weight is 374 g/mol. The van der Waals surface area contributed by atoms with E-state index in [2.05, 4.69) is 4.98 Å². The molecule has 0 saturated carbocycles. The molecule has 0 fully saturated rings. The number of hydrogen-bond donors (Lipinski definition) is 0. The van der Waals surface area contributed by atoms with Crippen molar-refractivity contribution in [2.45, 2.75) is 19.4 Å². The van der Waals surface area contributed by atoms with E-state index in [-0.39, 0.29) is 12.5 Å². The zero-order chi connectivity index (χ0) is 19.2. The normalized spacial score (nSPS) is 16.3. The lowest BCUT2D eigenvalue weighted by molar-refractivity contribution is -0.131. The second-order valence-electron chi connectivity index (χ2n) is 6.67. The Kier molecular flexibility index (Phi) is 5.52. The van der Waals surface area contributed by atoms with Crippen molar-refractivity contribution in [3.63, 3.8) is 0 Å². The quantitative estimate of drug-likeness (QED) is 0.800. The van der Waals surface area contributed by atoms with Crippen molar-refractivity contribution in [2.24, 2.45) is 0 Å². The maximum absolute atomic E-state index is 12.8. The van der Waals surface area contributed by atoms with Crippen molar-refractivity contribution < 1.29 is 14.3 Å². The SMILES string of the molecule is O=C1COc2cc3c(cc2C=CC=CC=CN1Cc1ccccn1)OCCC3. The third kappa shape index (κ3) is 4.31. The number of rotatable bonds is 2. The van der Waals surface area contributed by atoms with Gasteiger partial charge in [-0.25, -0.2) is 0 Å². The van der Waals surface area contributed by atoms with Crippen LogP contribution in [-0.4, -0.2) is 29.0 Å². The zero-order valence-electron chi connectivity index (χ0n) is 15.6. The molecule has 0 spiro atoms. The second-order valence-corrected chi connectivity index (χ2v) is 6.67. The molecular weight excluding hydrogens is 352 g/mol. The number of pyridine rings is 1. The topological polar surface area (TPSA) is 51.7 Å². The van der Waals surface area contributed by atoms with Crippen LogP contribution in [0.5, 0.6) is 11.5 Å². The fraction of sp³-hybridized carbons (Fsp3) is 0.217. The van der Waals surface area contributed by atoms with E-state index in [0.29, 0.717) is 12.3 Å². The van der Waals surface area contributed by atoms with E-state index in [1.54, 1.807) is 17.3 Å². The first-order chi connectivity index (χ1) is 13.8. The molecule has 0 atom stereocenters. The highest BCUT2D eigenvalue weighted by molar-refractivity contribution is 5.79. The fourth-order valence-electron chi connectivity index (χ4n) is 3.20. The summed E-state index contributed by atoms with van der Waals surface area (Å²) in [4.78, 5) is 18.7. The van der Waals surface area contributed by atoms with Crippen molar-refractivity contribution in [3.8, 4) is 11.5 Å². The maximum atomic E-state index is 12.8. The lowest BCUT2D eigenvalue weighted by atomic mass is 10.0. The van der Waals surface area contributed by atoms with Gasteiger partial charge in [-0.05, 0) is 48.7 Å². The maximum Gasteiger partial charge on any atom is 0.264 e. The van der Waals surface area contributed by atoms with E-state index >= 15 is 0 Å². The molecule has 0 N–H and O–H groups in total.